The van der Waals surface area contributed by atoms with Crippen LogP contribution in [-0.2, 0) is 4.79 Å². The number of methoxy groups -OCH3 is 1. The van der Waals surface area contributed by atoms with Gasteiger partial charge in [-0.15, -0.1) is 0 Å². The van der Waals surface area contributed by atoms with Crippen LogP contribution >= 0.6 is 0 Å². The van der Waals surface area contributed by atoms with Crippen molar-refractivity contribution in [2.24, 2.45) is 5.92 Å². The van der Waals surface area contributed by atoms with Gasteiger partial charge >= 0.3 is 0 Å². The molecule has 32 heavy (non-hydrogen) atoms. The summed E-state index contributed by atoms with van der Waals surface area (Å²) in [5, 5.41) is 4.13. The lowest BCUT2D eigenvalue weighted by atomic mass is 9.96. The number of H-pyrrole nitrogens is 1. The van der Waals surface area contributed by atoms with Gasteiger partial charge in [-0.25, -0.2) is 4.98 Å². The molecule has 1 amide bonds. The number of pyridine rings is 1. The van der Waals surface area contributed by atoms with Crippen LogP contribution in [0.5, 0.6) is 5.75 Å². The molecule has 0 bridgehead atoms. The Bertz CT molecular complexity index is 1220. The van der Waals surface area contributed by atoms with Crippen molar-refractivity contribution in [1.29, 1.82) is 0 Å². The number of benzene rings is 2. The highest BCUT2D eigenvalue weighted by Gasteiger charge is 2.27. The van der Waals surface area contributed by atoms with Gasteiger partial charge in [-0.2, -0.15) is 0 Å². The van der Waals surface area contributed by atoms with Gasteiger partial charge in [0.25, 0.3) is 0 Å². The predicted molar refractivity (Wildman–Crippen MR) is 126 cm³/mol. The number of amides is 1. The van der Waals surface area contributed by atoms with E-state index in [9.17, 15) is 4.79 Å². The van der Waals surface area contributed by atoms with Crippen LogP contribution in [0.4, 0.5) is 11.4 Å². The molecule has 0 spiro atoms. The number of anilines is 2. The van der Waals surface area contributed by atoms with E-state index in [-0.39, 0.29) is 11.8 Å². The molecule has 2 N–H and O–H groups in total. The molecule has 1 atom stereocenters. The molecule has 0 saturated carbocycles. The van der Waals surface area contributed by atoms with Crippen molar-refractivity contribution in [1.82, 2.24) is 15.0 Å². The van der Waals surface area contributed by atoms with E-state index in [0.717, 1.165) is 58.7 Å². The monoisotopic (exact) mass is 427 g/mol. The van der Waals surface area contributed by atoms with Gasteiger partial charge in [0.1, 0.15) is 5.75 Å². The summed E-state index contributed by atoms with van der Waals surface area (Å²) in [6.45, 7) is 1.59. The molecule has 2 aromatic carbocycles. The number of ether oxygens (including phenoxy) is 1. The minimum atomic E-state index is -0.0788. The molecule has 1 aliphatic heterocycles. The fourth-order valence-electron chi connectivity index (χ4n) is 4.31. The molecular weight excluding hydrogens is 402 g/mol. The molecule has 5 rings (SSSR count). The van der Waals surface area contributed by atoms with Crippen molar-refractivity contribution in [3.05, 3.63) is 67.3 Å². The van der Waals surface area contributed by atoms with Crippen molar-refractivity contribution >= 4 is 28.2 Å². The number of aromatic amines is 1. The Morgan fingerprint density at radius 2 is 2.06 bits per heavy atom. The zero-order valence-corrected chi connectivity index (χ0v) is 17.9. The van der Waals surface area contributed by atoms with Crippen LogP contribution in [0.1, 0.15) is 12.8 Å². The lowest BCUT2D eigenvalue weighted by Gasteiger charge is -2.34. The number of hydrogen-bond donors (Lipinski definition) is 2. The first-order valence-corrected chi connectivity index (χ1v) is 10.8. The Kier molecular flexibility index (Phi) is 5.46. The van der Waals surface area contributed by atoms with Gasteiger partial charge in [-0.1, -0.05) is 12.1 Å². The van der Waals surface area contributed by atoms with E-state index in [0.29, 0.717) is 6.54 Å². The number of carbonyl (C=O) groups is 1. The second-order valence-corrected chi connectivity index (χ2v) is 8.03. The molecule has 4 aromatic rings. The highest BCUT2D eigenvalue weighted by molar-refractivity contribution is 5.95. The SMILES string of the molecule is COc1ccc2nccc(N3CCCC(C(=O)Nc4ccc(-c5cnc[nH]5)cc4)C3)c2c1. The average Bonchev–Trinajstić information content (AvgIpc) is 3.39. The highest BCUT2D eigenvalue weighted by Crippen LogP contribution is 2.32. The third kappa shape index (κ3) is 4.01. The summed E-state index contributed by atoms with van der Waals surface area (Å²) in [4.78, 5) is 26.9. The fraction of sp³-hybridized carbons (Fsp3) is 0.240. The van der Waals surface area contributed by atoms with Crippen LogP contribution in [-0.4, -0.2) is 41.1 Å². The van der Waals surface area contributed by atoms with E-state index in [4.69, 9.17) is 4.74 Å². The zero-order valence-electron chi connectivity index (χ0n) is 17.9. The first-order valence-electron chi connectivity index (χ1n) is 10.8. The maximum atomic E-state index is 13.0. The van der Waals surface area contributed by atoms with Crippen LogP contribution < -0.4 is 15.0 Å². The molecule has 1 fully saturated rings. The fourth-order valence-corrected chi connectivity index (χ4v) is 4.31. The van der Waals surface area contributed by atoms with Gasteiger partial charge < -0.3 is 19.9 Å². The number of nitrogens with one attached hydrogen (secondary N) is 2. The van der Waals surface area contributed by atoms with Crippen LogP contribution in [0, 0.1) is 5.92 Å². The number of imidazole rings is 1. The van der Waals surface area contributed by atoms with Crippen LogP contribution in [0.15, 0.2) is 67.3 Å². The molecule has 2 aromatic heterocycles. The lowest BCUT2D eigenvalue weighted by Crippen LogP contribution is -2.40. The van der Waals surface area contributed by atoms with E-state index < -0.39 is 0 Å². The van der Waals surface area contributed by atoms with E-state index in [2.05, 4.69) is 25.2 Å². The maximum absolute atomic E-state index is 13.0. The Hall–Kier alpha value is -3.87. The predicted octanol–water partition coefficient (Wildman–Crippen LogP) is 4.49. The number of rotatable bonds is 5. The second kappa shape index (κ2) is 8.70. The first-order chi connectivity index (χ1) is 15.7. The summed E-state index contributed by atoms with van der Waals surface area (Å²) in [6.07, 6.45) is 7.10. The molecule has 0 aliphatic carbocycles. The number of aromatic nitrogens is 3. The second-order valence-electron chi connectivity index (χ2n) is 8.03. The molecule has 1 unspecified atom stereocenters. The molecule has 7 heteroatoms. The molecule has 3 heterocycles. The van der Waals surface area contributed by atoms with Gasteiger partial charge in [0.2, 0.25) is 5.91 Å². The van der Waals surface area contributed by atoms with Crippen LogP contribution in [0.25, 0.3) is 22.2 Å². The number of fused-ring (bicyclic) bond motifs is 1. The van der Waals surface area contributed by atoms with E-state index >= 15 is 0 Å². The minimum absolute atomic E-state index is 0.0555. The summed E-state index contributed by atoms with van der Waals surface area (Å²) >= 11 is 0. The van der Waals surface area contributed by atoms with Crippen LogP contribution in [0.2, 0.25) is 0 Å². The quantitative estimate of drug-likeness (QED) is 0.490. The summed E-state index contributed by atoms with van der Waals surface area (Å²) in [5.41, 5.74) is 4.80. The molecule has 0 radical (unpaired) electrons. The van der Waals surface area contributed by atoms with Gasteiger partial charge in [-0.05, 0) is 54.8 Å². The van der Waals surface area contributed by atoms with Gasteiger partial charge in [0.05, 0.1) is 36.8 Å². The summed E-state index contributed by atoms with van der Waals surface area (Å²) in [6, 6.07) is 15.7. The Labute approximate surface area is 186 Å². The Morgan fingerprint density at radius 1 is 1.19 bits per heavy atom. The number of nitrogens with zero attached hydrogens (tertiary/aromatic N) is 3. The highest BCUT2D eigenvalue weighted by atomic mass is 16.5. The lowest BCUT2D eigenvalue weighted by molar-refractivity contribution is -0.120. The average molecular weight is 428 g/mol. The van der Waals surface area contributed by atoms with Gasteiger partial charge in [-0.3, -0.25) is 9.78 Å². The summed E-state index contributed by atoms with van der Waals surface area (Å²) in [5.74, 6) is 0.779. The zero-order chi connectivity index (χ0) is 21.9. The third-order valence-corrected chi connectivity index (χ3v) is 6.02. The Balaban J connectivity index is 1.31. The normalized spacial score (nSPS) is 16.2. The molecular formula is C25H25N5O2. The minimum Gasteiger partial charge on any atom is -0.497 e. The largest absolute Gasteiger partial charge is 0.497 e. The number of piperidine rings is 1. The van der Waals surface area contributed by atoms with E-state index in [1.165, 1.54) is 0 Å². The van der Waals surface area contributed by atoms with Crippen molar-refractivity contribution in [2.75, 3.05) is 30.4 Å². The third-order valence-electron chi connectivity index (χ3n) is 6.02. The van der Waals surface area contributed by atoms with Crippen LogP contribution in [0.3, 0.4) is 0 Å². The number of hydrogen-bond acceptors (Lipinski definition) is 5. The van der Waals surface area contributed by atoms with Crippen molar-refractivity contribution in [3.8, 4) is 17.0 Å². The first kappa shape index (κ1) is 20.1. The van der Waals surface area contributed by atoms with E-state index in [1.807, 2.05) is 54.7 Å². The molecule has 162 valence electrons. The Morgan fingerprint density at radius 3 is 2.84 bits per heavy atom. The van der Waals surface area contributed by atoms with E-state index in [1.54, 1.807) is 19.6 Å². The summed E-state index contributed by atoms with van der Waals surface area (Å²) in [7, 11) is 1.67. The standard InChI is InChI=1S/C25H25N5O2/c1-32-20-8-9-22-21(13-20)24(10-11-27-22)30-12-2-3-18(15-30)25(31)29-19-6-4-17(5-7-19)23-14-26-16-28-23/h4-11,13-14,16,18H,2-3,12,15H2,1H3,(H,26,28)(H,29,31). The smallest absolute Gasteiger partial charge is 0.229 e. The maximum Gasteiger partial charge on any atom is 0.229 e. The summed E-state index contributed by atoms with van der Waals surface area (Å²) < 4.78 is 5.41. The van der Waals surface area contributed by atoms with Crippen molar-refractivity contribution in [3.63, 3.8) is 0 Å². The van der Waals surface area contributed by atoms with Gasteiger partial charge in [0, 0.05) is 36.0 Å². The molecule has 7 nitrogen and oxygen atoms in total. The van der Waals surface area contributed by atoms with Crippen molar-refractivity contribution < 1.29 is 9.53 Å². The number of carbonyl (C=O) groups excluding carboxylic acids is 1. The van der Waals surface area contributed by atoms with Gasteiger partial charge in [0.15, 0.2) is 0 Å². The topological polar surface area (TPSA) is 83.1 Å². The molecule has 1 aliphatic rings. The molecule has 1 saturated heterocycles. The van der Waals surface area contributed by atoms with Crippen molar-refractivity contribution in [2.45, 2.75) is 12.8 Å².